The lowest BCUT2D eigenvalue weighted by Gasteiger charge is -2.31. The molecule has 4 aromatic rings. The van der Waals surface area contributed by atoms with Gasteiger partial charge in [0.25, 0.3) is 0 Å². The summed E-state index contributed by atoms with van der Waals surface area (Å²) in [7, 11) is 1.25. The molecular formula is C31H25N3O9. The number of nitro groups is 1. The largest absolute Gasteiger partial charge is 0.480 e. The molecule has 4 unspecified atom stereocenters. The molecule has 6 rings (SSSR count). The topological polar surface area (TPSA) is 169 Å². The first-order chi connectivity index (χ1) is 20.6. The average Bonchev–Trinajstić information content (AvgIpc) is 3.69. The highest BCUT2D eigenvalue weighted by molar-refractivity contribution is 6.09. The number of hydrogen-bond donors (Lipinski definition) is 2. The number of ether oxygens (including phenoxy) is 1. The molecule has 2 amide bonds. The fraction of sp³-hybridized carbons (Fsp3) is 0.226. The maximum absolute atomic E-state index is 14.0. The van der Waals surface area contributed by atoms with Crippen molar-refractivity contribution >= 4 is 40.4 Å². The summed E-state index contributed by atoms with van der Waals surface area (Å²) in [5.41, 5.74) is -0.471. The fourth-order valence-corrected chi connectivity index (χ4v) is 6.26. The van der Waals surface area contributed by atoms with Crippen LogP contribution >= 0.6 is 0 Å². The minimum Gasteiger partial charge on any atom is -0.480 e. The van der Waals surface area contributed by atoms with Crippen LogP contribution in [0.4, 0.5) is 5.88 Å². The number of benzene rings is 3. The van der Waals surface area contributed by atoms with E-state index in [-0.39, 0.29) is 17.7 Å². The Hall–Kier alpha value is -5.36. The summed E-state index contributed by atoms with van der Waals surface area (Å²) in [4.78, 5) is 64.4. The van der Waals surface area contributed by atoms with Crippen molar-refractivity contribution in [1.82, 2.24) is 10.2 Å². The van der Waals surface area contributed by atoms with Gasteiger partial charge in [0.1, 0.15) is 16.2 Å². The Balaban J connectivity index is 1.42. The fourth-order valence-electron chi connectivity index (χ4n) is 6.26. The molecule has 4 atom stereocenters. The number of amides is 2. The second kappa shape index (κ2) is 10.5. The van der Waals surface area contributed by atoms with E-state index in [1.807, 2.05) is 36.4 Å². The van der Waals surface area contributed by atoms with Crippen LogP contribution in [0.3, 0.4) is 0 Å². The van der Waals surface area contributed by atoms with Crippen molar-refractivity contribution in [3.05, 3.63) is 111 Å². The Kier molecular flexibility index (Phi) is 6.77. The monoisotopic (exact) mass is 583 g/mol. The number of hydrogen-bond acceptors (Lipinski definition) is 9. The van der Waals surface area contributed by atoms with Gasteiger partial charge < -0.3 is 14.3 Å². The second-order valence-electron chi connectivity index (χ2n) is 10.6. The van der Waals surface area contributed by atoms with Crippen LogP contribution in [-0.4, -0.2) is 51.3 Å². The van der Waals surface area contributed by atoms with Crippen LogP contribution in [0.5, 0.6) is 0 Å². The number of aliphatic carboxylic acids is 1. The summed E-state index contributed by atoms with van der Waals surface area (Å²) in [6.45, 7) is -0.391. The molecule has 2 aliphatic heterocycles. The van der Waals surface area contributed by atoms with Crippen molar-refractivity contribution in [1.29, 1.82) is 0 Å². The molecule has 43 heavy (non-hydrogen) atoms. The molecule has 0 radical (unpaired) electrons. The standard InChI is InChI=1S/C31H25N3O9/c1-42-29(37)20-10-8-19(9-11-20)26-24-25(28(36)33(27(24)35)16-22-12-13-23(43-22)34(40)41)31(32-26,30(38)39)15-17-6-7-18-4-2-3-5-21(18)14-17/h2-14,24-26,32H,15-16H2,1H3,(H,38,39). The number of rotatable bonds is 8. The number of likely N-dealkylation sites (tertiary alicyclic amines) is 1. The normalized spacial score (nSPS) is 23.0. The van der Waals surface area contributed by atoms with Crippen molar-refractivity contribution in [2.75, 3.05) is 7.11 Å². The molecule has 12 heteroatoms. The maximum atomic E-state index is 14.0. The lowest BCUT2D eigenvalue weighted by atomic mass is 9.76. The highest BCUT2D eigenvalue weighted by Gasteiger charge is 2.68. The zero-order valence-corrected chi connectivity index (χ0v) is 22.8. The quantitative estimate of drug-likeness (QED) is 0.135. The van der Waals surface area contributed by atoms with Gasteiger partial charge in [0, 0.05) is 12.5 Å². The van der Waals surface area contributed by atoms with Crippen molar-refractivity contribution in [2.24, 2.45) is 11.8 Å². The molecule has 1 aromatic heterocycles. The molecule has 3 heterocycles. The van der Waals surface area contributed by atoms with E-state index in [4.69, 9.17) is 9.15 Å². The van der Waals surface area contributed by atoms with E-state index in [1.54, 1.807) is 18.2 Å². The predicted molar refractivity (Wildman–Crippen MR) is 150 cm³/mol. The van der Waals surface area contributed by atoms with Crippen LogP contribution in [-0.2, 0) is 32.1 Å². The van der Waals surface area contributed by atoms with Gasteiger partial charge in [-0.05, 0) is 40.1 Å². The molecule has 2 saturated heterocycles. The summed E-state index contributed by atoms with van der Waals surface area (Å²) in [6.07, 6.45) is -0.107. The zero-order valence-electron chi connectivity index (χ0n) is 22.8. The summed E-state index contributed by atoms with van der Waals surface area (Å²) in [5, 5.41) is 26.8. The van der Waals surface area contributed by atoms with Crippen molar-refractivity contribution < 1.29 is 38.4 Å². The van der Waals surface area contributed by atoms with Gasteiger partial charge in [0.2, 0.25) is 11.8 Å². The van der Waals surface area contributed by atoms with Crippen LogP contribution in [0.25, 0.3) is 10.8 Å². The minimum atomic E-state index is -1.88. The predicted octanol–water partition coefficient (Wildman–Crippen LogP) is 3.64. The number of nitrogens with one attached hydrogen (secondary N) is 1. The number of fused-ring (bicyclic) bond motifs is 2. The van der Waals surface area contributed by atoms with E-state index in [1.165, 1.54) is 25.3 Å². The molecule has 0 spiro atoms. The molecule has 12 nitrogen and oxygen atoms in total. The molecule has 218 valence electrons. The van der Waals surface area contributed by atoms with Gasteiger partial charge in [-0.3, -0.25) is 34.7 Å². The van der Waals surface area contributed by atoms with E-state index in [2.05, 4.69) is 5.32 Å². The van der Waals surface area contributed by atoms with E-state index >= 15 is 0 Å². The third kappa shape index (κ3) is 4.61. The maximum Gasteiger partial charge on any atom is 0.433 e. The number of esters is 1. The highest BCUT2D eigenvalue weighted by atomic mass is 16.6. The smallest absolute Gasteiger partial charge is 0.433 e. The van der Waals surface area contributed by atoms with Crippen LogP contribution in [0, 0.1) is 22.0 Å². The van der Waals surface area contributed by atoms with E-state index in [9.17, 15) is 34.4 Å². The van der Waals surface area contributed by atoms with Gasteiger partial charge in [-0.25, -0.2) is 4.79 Å². The summed E-state index contributed by atoms with van der Waals surface area (Å²) in [5.74, 6) is -6.18. The number of methoxy groups -OCH3 is 1. The van der Waals surface area contributed by atoms with Gasteiger partial charge in [0.15, 0.2) is 0 Å². The van der Waals surface area contributed by atoms with E-state index in [0.717, 1.165) is 21.7 Å². The van der Waals surface area contributed by atoms with Crippen molar-refractivity contribution in [2.45, 2.75) is 24.5 Å². The van der Waals surface area contributed by atoms with Crippen LogP contribution in [0.15, 0.2) is 83.3 Å². The number of carbonyl (C=O) groups is 4. The Bertz CT molecular complexity index is 1800. The first-order valence-corrected chi connectivity index (χ1v) is 13.4. The third-order valence-corrected chi connectivity index (χ3v) is 8.26. The van der Waals surface area contributed by atoms with E-state index in [0.29, 0.717) is 11.1 Å². The molecule has 2 N–H and O–H groups in total. The number of imide groups is 1. The van der Waals surface area contributed by atoms with Crippen LogP contribution in [0.1, 0.15) is 33.3 Å². The molecule has 0 aliphatic carbocycles. The van der Waals surface area contributed by atoms with Gasteiger partial charge in [-0.1, -0.05) is 54.6 Å². The third-order valence-electron chi connectivity index (χ3n) is 8.26. The number of carbonyl (C=O) groups excluding carboxylic acids is 3. The summed E-state index contributed by atoms with van der Waals surface area (Å²) in [6, 6.07) is 20.8. The lowest BCUT2D eigenvalue weighted by molar-refractivity contribution is -0.402. The van der Waals surface area contributed by atoms with Crippen molar-refractivity contribution in [3.8, 4) is 0 Å². The van der Waals surface area contributed by atoms with Gasteiger partial charge in [-0.2, -0.15) is 0 Å². The highest BCUT2D eigenvalue weighted by Crippen LogP contribution is 2.50. The first kappa shape index (κ1) is 27.8. The lowest BCUT2D eigenvalue weighted by Crippen LogP contribution is -2.57. The summed E-state index contributed by atoms with van der Waals surface area (Å²) >= 11 is 0. The second-order valence-corrected chi connectivity index (χ2v) is 10.6. The van der Waals surface area contributed by atoms with E-state index < -0.39 is 64.5 Å². The molecule has 0 saturated carbocycles. The van der Waals surface area contributed by atoms with Crippen molar-refractivity contribution in [3.63, 3.8) is 0 Å². The molecule has 2 aliphatic rings. The van der Waals surface area contributed by atoms with Gasteiger partial charge in [0.05, 0.1) is 37.1 Å². The zero-order chi connectivity index (χ0) is 30.5. The average molecular weight is 584 g/mol. The van der Waals surface area contributed by atoms with Gasteiger partial charge >= 0.3 is 17.8 Å². The SMILES string of the molecule is COC(=O)c1ccc(C2NC(Cc3ccc4ccccc4c3)(C(=O)O)C3C(=O)N(Cc4ccc([N+](=O)[O-])o4)C(=O)C23)cc1. The summed E-state index contributed by atoms with van der Waals surface area (Å²) < 4.78 is 9.96. The molecule has 0 bridgehead atoms. The minimum absolute atomic E-state index is 0.00997. The Morgan fingerprint density at radius 3 is 2.40 bits per heavy atom. The number of nitrogens with zero attached hydrogens (tertiary/aromatic N) is 2. The number of furan rings is 1. The Morgan fingerprint density at radius 1 is 1.02 bits per heavy atom. The first-order valence-electron chi connectivity index (χ1n) is 13.4. The van der Waals surface area contributed by atoms with Crippen LogP contribution in [0.2, 0.25) is 0 Å². The Labute approximate surface area is 244 Å². The van der Waals surface area contributed by atoms with Gasteiger partial charge in [-0.15, -0.1) is 0 Å². The van der Waals surface area contributed by atoms with Crippen LogP contribution < -0.4 is 5.32 Å². The number of carboxylic acids is 1. The Morgan fingerprint density at radius 2 is 1.74 bits per heavy atom. The molecule has 3 aromatic carbocycles. The number of carboxylic acid groups (broad SMARTS) is 1. The molecular weight excluding hydrogens is 558 g/mol. The molecule has 2 fully saturated rings.